The Hall–Kier alpha value is -1.78. The molecule has 0 unspecified atom stereocenters. The Balaban J connectivity index is 1.79. The molecule has 1 aromatic heterocycles. The molecular formula is C17H27N3O2. The van der Waals surface area contributed by atoms with Crippen LogP contribution in [0.4, 0.5) is 10.6 Å². The lowest BCUT2D eigenvalue weighted by atomic mass is 9.96. The summed E-state index contributed by atoms with van der Waals surface area (Å²) >= 11 is 0. The first-order valence-electron chi connectivity index (χ1n) is 7.95. The molecule has 0 N–H and O–H groups in total. The lowest BCUT2D eigenvalue weighted by molar-refractivity contribution is 0.0186. The van der Waals surface area contributed by atoms with Crippen LogP contribution in [0.25, 0.3) is 0 Å². The molecule has 1 amide bonds. The molecule has 0 spiro atoms. The van der Waals surface area contributed by atoms with Crippen molar-refractivity contribution in [3.8, 4) is 0 Å². The van der Waals surface area contributed by atoms with Gasteiger partial charge >= 0.3 is 6.09 Å². The Morgan fingerprint density at radius 2 is 2.05 bits per heavy atom. The first kappa shape index (κ1) is 16.6. The van der Waals surface area contributed by atoms with Gasteiger partial charge in [0.05, 0.1) is 0 Å². The van der Waals surface area contributed by atoms with Gasteiger partial charge in [0.25, 0.3) is 0 Å². The number of rotatable bonds is 3. The van der Waals surface area contributed by atoms with E-state index in [4.69, 9.17) is 4.74 Å². The van der Waals surface area contributed by atoms with Crippen LogP contribution in [-0.2, 0) is 4.74 Å². The minimum Gasteiger partial charge on any atom is -0.444 e. The number of hydrogen-bond acceptors (Lipinski definition) is 4. The summed E-state index contributed by atoms with van der Waals surface area (Å²) in [4.78, 5) is 20.4. The Kier molecular flexibility index (Phi) is 5.27. The van der Waals surface area contributed by atoms with E-state index < -0.39 is 5.60 Å². The van der Waals surface area contributed by atoms with Crippen molar-refractivity contribution < 1.29 is 9.53 Å². The van der Waals surface area contributed by atoms with Gasteiger partial charge in [-0.3, -0.25) is 0 Å². The van der Waals surface area contributed by atoms with Crippen LogP contribution >= 0.6 is 0 Å². The van der Waals surface area contributed by atoms with E-state index in [9.17, 15) is 4.79 Å². The summed E-state index contributed by atoms with van der Waals surface area (Å²) in [5.41, 5.74) is -0.423. The van der Waals surface area contributed by atoms with Gasteiger partial charge in [-0.2, -0.15) is 0 Å². The minimum absolute atomic E-state index is 0.191. The van der Waals surface area contributed by atoms with Gasteiger partial charge in [0.2, 0.25) is 0 Å². The fourth-order valence-corrected chi connectivity index (χ4v) is 2.68. The number of anilines is 1. The fraction of sp³-hybridized carbons (Fsp3) is 0.647. The maximum absolute atomic E-state index is 12.0. The number of likely N-dealkylation sites (tertiary alicyclic amines) is 1. The molecular weight excluding hydrogens is 278 g/mol. The molecule has 22 heavy (non-hydrogen) atoms. The molecule has 5 nitrogen and oxygen atoms in total. The smallest absolute Gasteiger partial charge is 0.410 e. The monoisotopic (exact) mass is 305 g/mol. The lowest BCUT2D eigenvalue weighted by Crippen LogP contribution is -2.43. The number of nitrogens with zero attached hydrogens (tertiary/aromatic N) is 3. The number of amides is 1. The Bertz CT molecular complexity index is 476. The maximum atomic E-state index is 12.0. The van der Waals surface area contributed by atoms with Crippen LogP contribution in [0.15, 0.2) is 24.4 Å². The molecule has 122 valence electrons. The van der Waals surface area contributed by atoms with Crippen molar-refractivity contribution in [1.82, 2.24) is 9.88 Å². The Labute approximate surface area is 133 Å². The van der Waals surface area contributed by atoms with Crippen LogP contribution in [-0.4, -0.2) is 48.3 Å². The molecule has 0 saturated carbocycles. The zero-order valence-electron chi connectivity index (χ0n) is 14.1. The molecule has 1 fully saturated rings. The third-order valence-electron chi connectivity index (χ3n) is 3.84. The largest absolute Gasteiger partial charge is 0.444 e. The first-order chi connectivity index (χ1) is 10.3. The fourth-order valence-electron chi connectivity index (χ4n) is 2.68. The molecule has 1 aliphatic heterocycles. The summed E-state index contributed by atoms with van der Waals surface area (Å²) in [6.45, 7) is 8.23. The van der Waals surface area contributed by atoms with Gasteiger partial charge in [0.1, 0.15) is 11.4 Å². The Morgan fingerprint density at radius 1 is 1.36 bits per heavy atom. The number of piperidine rings is 1. The second-order valence-corrected chi connectivity index (χ2v) is 6.98. The molecule has 5 heteroatoms. The summed E-state index contributed by atoms with van der Waals surface area (Å²) in [7, 11) is 2.07. The van der Waals surface area contributed by atoms with Crippen molar-refractivity contribution in [3.05, 3.63) is 24.4 Å². The zero-order chi connectivity index (χ0) is 16.2. The summed E-state index contributed by atoms with van der Waals surface area (Å²) in [6.07, 6.45) is 3.65. The van der Waals surface area contributed by atoms with Crippen LogP contribution in [0.5, 0.6) is 0 Å². The van der Waals surface area contributed by atoms with Gasteiger partial charge in [-0.1, -0.05) is 6.07 Å². The van der Waals surface area contributed by atoms with E-state index in [2.05, 4.69) is 16.9 Å². The van der Waals surface area contributed by atoms with Gasteiger partial charge in [0, 0.05) is 32.9 Å². The van der Waals surface area contributed by atoms with Gasteiger partial charge < -0.3 is 14.5 Å². The van der Waals surface area contributed by atoms with E-state index in [1.165, 1.54) is 0 Å². The molecule has 2 rings (SSSR count). The number of carbonyl (C=O) groups excluding carboxylic acids is 1. The average molecular weight is 305 g/mol. The maximum Gasteiger partial charge on any atom is 0.410 e. The standard InChI is InChI=1S/C17H27N3O2/c1-17(2,3)22-16(21)20-11-8-14(9-12-20)13-19(4)15-7-5-6-10-18-15/h5-7,10,14H,8-9,11-13H2,1-4H3. The molecule has 0 aliphatic carbocycles. The molecule has 0 aromatic carbocycles. The quantitative estimate of drug-likeness (QED) is 0.860. The highest BCUT2D eigenvalue weighted by atomic mass is 16.6. The van der Waals surface area contributed by atoms with Crippen LogP contribution in [0, 0.1) is 5.92 Å². The molecule has 0 bridgehead atoms. The van der Waals surface area contributed by atoms with E-state index in [0.717, 1.165) is 38.3 Å². The SMILES string of the molecule is CN(CC1CCN(C(=O)OC(C)(C)C)CC1)c1ccccn1. The van der Waals surface area contributed by atoms with Crippen LogP contribution in [0.3, 0.4) is 0 Å². The predicted octanol–water partition coefficient (Wildman–Crippen LogP) is 3.16. The van der Waals surface area contributed by atoms with Gasteiger partial charge in [-0.25, -0.2) is 9.78 Å². The second-order valence-electron chi connectivity index (χ2n) is 6.98. The second kappa shape index (κ2) is 6.99. The van der Waals surface area contributed by atoms with Gasteiger partial charge in [0.15, 0.2) is 0 Å². The molecule has 2 heterocycles. The van der Waals surface area contributed by atoms with Crippen molar-refractivity contribution in [3.63, 3.8) is 0 Å². The third-order valence-corrected chi connectivity index (χ3v) is 3.84. The highest BCUT2D eigenvalue weighted by Gasteiger charge is 2.27. The molecule has 1 aliphatic rings. The van der Waals surface area contributed by atoms with Crippen molar-refractivity contribution in [2.45, 2.75) is 39.2 Å². The summed E-state index contributed by atoms with van der Waals surface area (Å²) in [5.74, 6) is 1.59. The Morgan fingerprint density at radius 3 is 2.59 bits per heavy atom. The van der Waals surface area contributed by atoms with Crippen molar-refractivity contribution in [2.24, 2.45) is 5.92 Å². The summed E-state index contributed by atoms with van der Waals surface area (Å²) in [5, 5.41) is 0. The topological polar surface area (TPSA) is 45.7 Å². The van der Waals surface area contributed by atoms with E-state index in [1.54, 1.807) is 0 Å². The number of aromatic nitrogens is 1. The minimum atomic E-state index is -0.423. The normalized spacial score (nSPS) is 16.5. The van der Waals surface area contributed by atoms with Crippen molar-refractivity contribution in [1.29, 1.82) is 0 Å². The number of pyridine rings is 1. The predicted molar refractivity (Wildman–Crippen MR) is 88.0 cm³/mol. The number of hydrogen-bond donors (Lipinski definition) is 0. The lowest BCUT2D eigenvalue weighted by Gasteiger charge is -2.35. The van der Waals surface area contributed by atoms with Crippen molar-refractivity contribution in [2.75, 3.05) is 31.6 Å². The number of carbonyl (C=O) groups is 1. The van der Waals surface area contributed by atoms with Crippen LogP contribution in [0.2, 0.25) is 0 Å². The van der Waals surface area contributed by atoms with E-state index in [-0.39, 0.29) is 6.09 Å². The first-order valence-corrected chi connectivity index (χ1v) is 7.95. The van der Waals surface area contributed by atoms with E-state index in [1.807, 2.05) is 50.1 Å². The molecule has 0 atom stereocenters. The summed E-state index contributed by atoms with van der Waals surface area (Å²) in [6, 6.07) is 5.95. The van der Waals surface area contributed by atoms with Crippen LogP contribution < -0.4 is 4.90 Å². The third kappa shape index (κ3) is 4.90. The van der Waals surface area contributed by atoms with Crippen LogP contribution in [0.1, 0.15) is 33.6 Å². The molecule has 0 radical (unpaired) electrons. The van der Waals surface area contributed by atoms with Gasteiger partial charge in [-0.05, 0) is 51.7 Å². The van der Waals surface area contributed by atoms with E-state index >= 15 is 0 Å². The highest BCUT2D eigenvalue weighted by molar-refractivity contribution is 5.68. The van der Waals surface area contributed by atoms with Gasteiger partial charge in [-0.15, -0.1) is 0 Å². The average Bonchev–Trinajstić information content (AvgIpc) is 2.47. The van der Waals surface area contributed by atoms with Crippen molar-refractivity contribution >= 4 is 11.9 Å². The number of ether oxygens (including phenoxy) is 1. The van der Waals surface area contributed by atoms with E-state index in [0.29, 0.717) is 5.92 Å². The molecule has 1 aromatic rings. The summed E-state index contributed by atoms with van der Waals surface area (Å²) < 4.78 is 5.43. The highest BCUT2D eigenvalue weighted by Crippen LogP contribution is 2.21. The zero-order valence-corrected chi connectivity index (χ0v) is 14.1. The molecule has 1 saturated heterocycles.